The number of sulfonamides is 1. The Bertz CT molecular complexity index is 1080. The van der Waals surface area contributed by atoms with E-state index in [9.17, 15) is 13.2 Å². The second-order valence-electron chi connectivity index (χ2n) is 6.11. The van der Waals surface area contributed by atoms with E-state index in [4.69, 9.17) is 0 Å². The summed E-state index contributed by atoms with van der Waals surface area (Å²) in [7, 11) is -3.67. The van der Waals surface area contributed by atoms with Gasteiger partial charge in [-0.15, -0.1) is 0 Å². The number of benzene rings is 3. The van der Waals surface area contributed by atoms with E-state index in [1.807, 2.05) is 31.2 Å². The lowest BCUT2D eigenvalue weighted by Crippen LogP contribution is -2.18. The number of hydrazone groups is 1. The monoisotopic (exact) mass is 393 g/mol. The predicted molar refractivity (Wildman–Crippen MR) is 110 cm³/mol. The van der Waals surface area contributed by atoms with Crippen molar-refractivity contribution in [2.75, 3.05) is 4.72 Å². The summed E-state index contributed by atoms with van der Waals surface area (Å²) < 4.78 is 27.1. The van der Waals surface area contributed by atoms with Crippen molar-refractivity contribution in [2.45, 2.75) is 11.8 Å². The van der Waals surface area contributed by atoms with Gasteiger partial charge in [-0.05, 0) is 48.9 Å². The van der Waals surface area contributed by atoms with Gasteiger partial charge in [0.2, 0.25) is 0 Å². The molecular weight excluding hydrogens is 374 g/mol. The van der Waals surface area contributed by atoms with Gasteiger partial charge in [0.15, 0.2) is 0 Å². The Balaban J connectivity index is 1.62. The molecule has 0 bridgehead atoms. The second kappa shape index (κ2) is 8.49. The third kappa shape index (κ3) is 5.05. The molecule has 28 heavy (non-hydrogen) atoms. The molecule has 0 saturated heterocycles. The topological polar surface area (TPSA) is 87.6 Å². The van der Waals surface area contributed by atoms with E-state index in [-0.39, 0.29) is 10.8 Å². The van der Waals surface area contributed by atoms with Gasteiger partial charge in [0.1, 0.15) is 0 Å². The highest BCUT2D eigenvalue weighted by atomic mass is 32.2. The Morgan fingerprint density at radius 1 is 0.893 bits per heavy atom. The molecule has 1 amide bonds. The van der Waals surface area contributed by atoms with Crippen molar-refractivity contribution in [3.8, 4) is 0 Å². The fourth-order valence-corrected chi connectivity index (χ4v) is 3.47. The molecule has 0 fully saturated rings. The maximum absolute atomic E-state index is 12.3. The summed E-state index contributed by atoms with van der Waals surface area (Å²) in [6.07, 6.45) is 1.56. The molecule has 6 nitrogen and oxygen atoms in total. The first kappa shape index (κ1) is 19.3. The van der Waals surface area contributed by atoms with Gasteiger partial charge in [-0.1, -0.05) is 48.0 Å². The van der Waals surface area contributed by atoms with Crippen LogP contribution in [0.3, 0.4) is 0 Å². The molecule has 0 aliphatic carbocycles. The lowest BCUT2D eigenvalue weighted by atomic mass is 10.2. The molecule has 7 heteroatoms. The van der Waals surface area contributed by atoms with Crippen molar-refractivity contribution in [1.82, 2.24) is 5.43 Å². The van der Waals surface area contributed by atoms with Crippen LogP contribution in [-0.4, -0.2) is 20.5 Å². The summed E-state index contributed by atoms with van der Waals surface area (Å²) >= 11 is 0. The molecule has 0 unspecified atom stereocenters. The normalized spacial score (nSPS) is 11.3. The smallest absolute Gasteiger partial charge is 0.271 e. The van der Waals surface area contributed by atoms with E-state index in [2.05, 4.69) is 15.2 Å². The predicted octanol–water partition coefficient (Wildman–Crippen LogP) is 3.56. The third-order valence-corrected chi connectivity index (χ3v) is 5.31. The fourth-order valence-electron chi connectivity index (χ4n) is 2.39. The van der Waals surface area contributed by atoms with Gasteiger partial charge in [0.05, 0.1) is 11.1 Å². The highest BCUT2D eigenvalue weighted by molar-refractivity contribution is 7.92. The minimum Gasteiger partial charge on any atom is -0.280 e. The highest BCUT2D eigenvalue weighted by Gasteiger charge is 2.13. The van der Waals surface area contributed by atoms with E-state index in [1.54, 1.807) is 24.4 Å². The summed E-state index contributed by atoms with van der Waals surface area (Å²) in [6.45, 7) is 1.99. The molecular formula is C21H19N3O3S. The van der Waals surface area contributed by atoms with Crippen LogP contribution in [0.25, 0.3) is 0 Å². The van der Waals surface area contributed by atoms with Crippen LogP contribution in [0.2, 0.25) is 0 Å². The Morgan fingerprint density at radius 3 is 2.18 bits per heavy atom. The maximum Gasteiger partial charge on any atom is 0.271 e. The molecule has 0 heterocycles. The number of carbonyl (C=O) groups is 1. The Hall–Kier alpha value is -3.45. The molecule has 3 aromatic rings. The lowest BCUT2D eigenvalue weighted by Gasteiger charge is -2.08. The Labute approximate surface area is 164 Å². The van der Waals surface area contributed by atoms with Crippen molar-refractivity contribution in [3.63, 3.8) is 0 Å². The number of rotatable bonds is 6. The number of amides is 1. The van der Waals surface area contributed by atoms with Crippen LogP contribution in [0.4, 0.5) is 5.69 Å². The largest absolute Gasteiger partial charge is 0.280 e. The third-order valence-electron chi connectivity index (χ3n) is 3.91. The first-order chi connectivity index (χ1) is 13.4. The van der Waals surface area contributed by atoms with Crippen molar-refractivity contribution >= 4 is 27.8 Å². The van der Waals surface area contributed by atoms with Crippen molar-refractivity contribution in [2.24, 2.45) is 5.10 Å². The van der Waals surface area contributed by atoms with Crippen molar-refractivity contribution in [1.29, 1.82) is 0 Å². The van der Waals surface area contributed by atoms with E-state index < -0.39 is 10.0 Å². The first-order valence-corrected chi connectivity index (χ1v) is 10.0. The molecule has 3 rings (SSSR count). The Morgan fingerprint density at radius 2 is 1.54 bits per heavy atom. The number of aryl methyl sites for hydroxylation is 1. The van der Waals surface area contributed by atoms with Crippen LogP contribution in [0.1, 0.15) is 21.5 Å². The van der Waals surface area contributed by atoms with Gasteiger partial charge in [-0.25, -0.2) is 13.8 Å². The minimum absolute atomic E-state index is 0.169. The number of nitrogens with one attached hydrogen (secondary N) is 2. The maximum atomic E-state index is 12.3. The molecule has 2 N–H and O–H groups in total. The number of nitrogens with zero attached hydrogens (tertiary/aromatic N) is 1. The van der Waals surface area contributed by atoms with E-state index >= 15 is 0 Å². The zero-order valence-electron chi connectivity index (χ0n) is 15.2. The van der Waals surface area contributed by atoms with Crippen LogP contribution in [0, 0.1) is 6.92 Å². The SMILES string of the molecule is Cc1ccc(C=NNC(=O)c2ccc(NS(=O)(=O)c3ccccc3)cc2)cc1. The highest BCUT2D eigenvalue weighted by Crippen LogP contribution is 2.16. The van der Waals surface area contributed by atoms with Gasteiger partial charge < -0.3 is 0 Å². The second-order valence-corrected chi connectivity index (χ2v) is 7.79. The first-order valence-electron chi connectivity index (χ1n) is 8.52. The zero-order chi connectivity index (χ0) is 20.0. The molecule has 0 radical (unpaired) electrons. The number of carbonyl (C=O) groups excluding carboxylic acids is 1. The van der Waals surface area contributed by atoms with E-state index in [0.717, 1.165) is 11.1 Å². The lowest BCUT2D eigenvalue weighted by molar-refractivity contribution is 0.0955. The number of hydrogen-bond acceptors (Lipinski definition) is 4. The average Bonchev–Trinajstić information content (AvgIpc) is 2.70. The van der Waals surface area contributed by atoms with Gasteiger partial charge in [-0.3, -0.25) is 9.52 Å². The minimum atomic E-state index is -3.67. The molecule has 0 atom stereocenters. The standard InChI is InChI=1S/C21H19N3O3S/c1-16-7-9-17(10-8-16)15-22-23-21(25)18-11-13-19(14-12-18)24-28(26,27)20-5-3-2-4-6-20/h2-15,24H,1H3,(H,23,25). The van der Waals surface area contributed by atoms with Crippen LogP contribution >= 0.6 is 0 Å². The fraction of sp³-hybridized carbons (Fsp3) is 0.0476. The number of hydrogen-bond donors (Lipinski definition) is 2. The molecule has 3 aromatic carbocycles. The summed E-state index contributed by atoms with van der Waals surface area (Å²) in [5, 5.41) is 3.93. The molecule has 0 spiro atoms. The van der Waals surface area contributed by atoms with E-state index in [0.29, 0.717) is 11.3 Å². The van der Waals surface area contributed by atoms with Crippen LogP contribution < -0.4 is 10.1 Å². The van der Waals surface area contributed by atoms with E-state index in [1.165, 1.54) is 36.4 Å². The average molecular weight is 393 g/mol. The molecule has 142 valence electrons. The molecule has 0 saturated carbocycles. The molecule has 0 aliphatic heterocycles. The molecule has 0 aromatic heterocycles. The van der Waals surface area contributed by atoms with Crippen LogP contribution in [0.5, 0.6) is 0 Å². The quantitative estimate of drug-likeness (QED) is 0.496. The van der Waals surface area contributed by atoms with Gasteiger partial charge in [0, 0.05) is 11.3 Å². The number of anilines is 1. The van der Waals surface area contributed by atoms with Gasteiger partial charge >= 0.3 is 0 Å². The summed E-state index contributed by atoms with van der Waals surface area (Å²) in [6, 6.07) is 21.9. The summed E-state index contributed by atoms with van der Waals surface area (Å²) in [5.74, 6) is -0.388. The van der Waals surface area contributed by atoms with Crippen molar-refractivity contribution in [3.05, 3.63) is 95.6 Å². The van der Waals surface area contributed by atoms with Crippen LogP contribution in [0.15, 0.2) is 88.9 Å². The van der Waals surface area contributed by atoms with Crippen molar-refractivity contribution < 1.29 is 13.2 Å². The van der Waals surface area contributed by atoms with Gasteiger partial charge in [-0.2, -0.15) is 5.10 Å². The Kier molecular flexibility index (Phi) is 5.86. The molecule has 0 aliphatic rings. The zero-order valence-corrected chi connectivity index (χ0v) is 16.0. The summed E-state index contributed by atoms with van der Waals surface area (Å²) in [4.78, 5) is 12.3. The van der Waals surface area contributed by atoms with Gasteiger partial charge in [0.25, 0.3) is 15.9 Å². The summed E-state index contributed by atoms with van der Waals surface area (Å²) in [5.41, 5.74) is 5.19. The van der Waals surface area contributed by atoms with Crippen LogP contribution in [-0.2, 0) is 10.0 Å².